The molecule has 26 heavy (non-hydrogen) atoms. The summed E-state index contributed by atoms with van der Waals surface area (Å²) in [4.78, 5) is 27.8. The fraction of sp³-hybridized carbons (Fsp3) is 0.300. The van der Waals surface area contributed by atoms with E-state index in [1.807, 2.05) is 49.4 Å². The molecule has 2 rings (SSSR count). The van der Waals surface area contributed by atoms with Crippen molar-refractivity contribution in [3.8, 4) is 0 Å². The van der Waals surface area contributed by atoms with Crippen molar-refractivity contribution in [3.05, 3.63) is 65.2 Å². The summed E-state index contributed by atoms with van der Waals surface area (Å²) < 4.78 is 0. The van der Waals surface area contributed by atoms with Crippen LogP contribution < -0.4 is 5.32 Å². The highest BCUT2D eigenvalue weighted by molar-refractivity contribution is 8.00. The first-order valence-electron chi connectivity index (χ1n) is 8.50. The summed E-state index contributed by atoms with van der Waals surface area (Å²) in [5.74, 6) is 0.0496. The standard InChI is InChI=1S/C20H23ClN2O2S/c1-3-22-20(25)15(2)23(13-16-9-11-17(21)12-10-16)19(24)14-26-18-7-5-4-6-8-18/h4-12,15H,3,13-14H2,1-2H3,(H,22,25)/t15-/m0/s1. The summed E-state index contributed by atoms with van der Waals surface area (Å²) in [5, 5.41) is 3.43. The van der Waals surface area contributed by atoms with Crippen molar-refractivity contribution in [2.45, 2.75) is 31.3 Å². The van der Waals surface area contributed by atoms with E-state index in [4.69, 9.17) is 11.6 Å². The van der Waals surface area contributed by atoms with E-state index in [1.165, 1.54) is 11.8 Å². The van der Waals surface area contributed by atoms with Crippen LogP contribution in [0.15, 0.2) is 59.5 Å². The molecule has 0 unspecified atom stereocenters. The summed E-state index contributed by atoms with van der Waals surface area (Å²) in [6, 6.07) is 16.5. The van der Waals surface area contributed by atoms with Gasteiger partial charge >= 0.3 is 0 Å². The van der Waals surface area contributed by atoms with E-state index < -0.39 is 6.04 Å². The number of carbonyl (C=O) groups excluding carboxylic acids is 2. The van der Waals surface area contributed by atoms with Crippen molar-refractivity contribution >= 4 is 35.2 Å². The number of likely N-dealkylation sites (N-methyl/N-ethyl adjacent to an activating group) is 1. The maximum atomic E-state index is 12.8. The van der Waals surface area contributed by atoms with Crippen molar-refractivity contribution < 1.29 is 9.59 Å². The predicted octanol–water partition coefficient (Wildman–Crippen LogP) is 3.99. The summed E-state index contributed by atoms with van der Waals surface area (Å²) in [6.45, 7) is 4.52. The number of thioether (sulfide) groups is 1. The molecule has 0 heterocycles. The van der Waals surface area contributed by atoms with Crippen LogP contribution in [-0.4, -0.2) is 35.1 Å². The Labute approximate surface area is 163 Å². The van der Waals surface area contributed by atoms with Crippen LogP contribution in [0, 0.1) is 0 Å². The maximum Gasteiger partial charge on any atom is 0.242 e. The van der Waals surface area contributed by atoms with Crippen LogP contribution >= 0.6 is 23.4 Å². The molecule has 0 aromatic heterocycles. The number of halogens is 1. The fourth-order valence-electron chi connectivity index (χ4n) is 2.44. The second-order valence-corrected chi connectivity index (χ2v) is 7.31. The van der Waals surface area contributed by atoms with Gasteiger partial charge in [0.05, 0.1) is 5.75 Å². The molecule has 2 aromatic carbocycles. The third-order valence-electron chi connectivity index (χ3n) is 3.89. The number of hydrogen-bond acceptors (Lipinski definition) is 3. The quantitative estimate of drug-likeness (QED) is 0.693. The van der Waals surface area contributed by atoms with Gasteiger partial charge in [-0.05, 0) is 43.7 Å². The lowest BCUT2D eigenvalue weighted by atomic mass is 10.1. The van der Waals surface area contributed by atoms with Gasteiger partial charge in [0.2, 0.25) is 11.8 Å². The van der Waals surface area contributed by atoms with Crippen molar-refractivity contribution in [2.75, 3.05) is 12.3 Å². The normalized spacial score (nSPS) is 11.7. The molecule has 0 radical (unpaired) electrons. The number of rotatable bonds is 8. The van der Waals surface area contributed by atoms with Gasteiger partial charge in [-0.25, -0.2) is 0 Å². The smallest absolute Gasteiger partial charge is 0.242 e. The van der Waals surface area contributed by atoms with Gasteiger partial charge in [-0.3, -0.25) is 9.59 Å². The Hall–Kier alpha value is -1.98. The molecule has 0 spiro atoms. The zero-order valence-corrected chi connectivity index (χ0v) is 16.5. The Bertz CT molecular complexity index is 722. The van der Waals surface area contributed by atoms with Crippen molar-refractivity contribution in [3.63, 3.8) is 0 Å². The second-order valence-electron chi connectivity index (χ2n) is 5.82. The third kappa shape index (κ3) is 6.07. The number of benzene rings is 2. The highest BCUT2D eigenvalue weighted by atomic mass is 35.5. The molecule has 2 aromatic rings. The second kappa shape index (κ2) is 10.2. The molecular weight excluding hydrogens is 368 g/mol. The minimum Gasteiger partial charge on any atom is -0.355 e. The average Bonchev–Trinajstić information content (AvgIpc) is 2.66. The Morgan fingerprint density at radius 3 is 2.38 bits per heavy atom. The third-order valence-corrected chi connectivity index (χ3v) is 5.14. The Morgan fingerprint density at radius 1 is 1.12 bits per heavy atom. The van der Waals surface area contributed by atoms with E-state index >= 15 is 0 Å². The van der Waals surface area contributed by atoms with Gasteiger partial charge in [0, 0.05) is 23.0 Å². The SMILES string of the molecule is CCNC(=O)[C@H](C)N(Cc1ccc(Cl)cc1)C(=O)CSc1ccccc1. The molecule has 0 bridgehead atoms. The highest BCUT2D eigenvalue weighted by Gasteiger charge is 2.25. The van der Waals surface area contributed by atoms with E-state index in [0.717, 1.165) is 10.5 Å². The number of hydrogen-bond donors (Lipinski definition) is 1. The lowest BCUT2D eigenvalue weighted by molar-refractivity contribution is -0.138. The molecule has 4 nitrogen and oxygen atoms in total. The van der Waals surface area contributed by atoms with Crippen molar-refractivity contribution in [1.82, 2.24) is 10.2 Å². The van der Waals surface area contributed by atoms with Gasteiger partial charge < -0.3 is 10.2 Å². The van der Waals surface area contributed by atoms with Crippen LogP contribution in [0.1, 0.15) is 19.4 Å². The molecule has 1 N–H and O–H groups in total. The van der Waals surface area contributed by atoms with E-state index in [-0.39, 0.29) is 17.6 Å². The van der Waals surface area contributed by atoms with E-state index in [0.29, 0.717) is 18.1 Å². The summed E-state index contributed by atoms with van der Waals surface area (Å²) >= 11 is 7.40. The van der Waals surface area contributed by atoms with Gasteiger partial charge in [0.25, 0.3) is 0 Å². The van der Waals surface area contributed by atoms with E-state index in [9.17, 15) is 9.59 Å². The largest absolute Gasteiger partial charge is 0.355 e. The van der Waals surface area contributed by atoms with E-state index in [1.54, 1.807) is 24.0 Å². The number of amides is 2. The molecule has 0 aliphatic carbocycles. The number of nitrogens with one attached hydrogen (secondary N) is 1. The molecule has 0 saturated carbocycles. The molecule has 2 amide bonds. The predicted molar refractivity (Wildman–Crippen MR) is 107 cm³/mol. The van der Waals surface area contributed by atoms with Gasteiger partial charge in [-0.1, -0.05) is 41.9 Å². The highest BCUT2D eigenvalue weighted by Crippen LogP contribution is 2.20. The summed E-state index contributed by atoms with van der Waals surface area (Å²) in [7, 11) is 0. The van der Waals surface area contributed by atoms with Crippen LogP contribution in [0.2, 0.25) is 5.02 Å². The molecule has 1 atom stereocenters. The number of carbonyl (C=O) groups is 2. The zero-order chi connectivity index (χ0) is 18.9. The van der Waals surface area contributed by atoms with Crippen molar-refractivity contribution in [1.29, 1.82) is 0 Å². The molecule has 0 aliphatic heterocycles. The van der Waals surface area contributed by atoms with Crippen LogP contribution in [-0.2, 0) is 16.1 Å². The minimum absolute atomic E-state index is 0.0763. The minimum atomic E-state index is -0.547. The monoisotopic (exact) mass is 390 g/mol. The zero-order valence-electron chi connectivity index (χ0n) is 14.9. The first kappa shape index (κ1) is 20.3. The van der Waals surface area contributed by atoms with Crippen molar-refractivity contribution in [2.24, 2.45) is 0 Å². The van der Waals surface area contributed by atoms with Crippen LogP contribution in [0.5, 0.6) is 0 Å². The van der Waals surface area contributed by atoms with Gasteiger partial charge in [0.1, 0.15) is 6.04 Å². The average molecular weight is 391 g/mol. The Balaban J connectivity index is 2.11. The fourth-order valence-corrected chi connectivity index (χ4v) is 3.37. The van der Waals surface area contributed by atoms with Crippen LogP contribution in [0.25, 0.3) is 0 Å². The molecular formula is C20H23ClN2O2S. The van der Waals surface area contributed by atoms with Gasteiger partial charge in [0.15, 0.2) is 0 Å². The topological polar surface area (TPSA) is 49.4 Å². The summed E-state index contributed by atoms with van der Waals surface area (Å²) in [5.41, 5.74) is 0.934. The molecule has 6 heteroatoms. The van der Waals surface area contributed by atoms with Crippen LogP contribution in [0.4, 0.5) is 0 Å². The van der Waals surface area contributed by atoms with E-state index in [2.05, 4.69) is 5.32 Å². The lowest BCUT2D eigenvalue weighted by Crippen LogP contribution is -2.48. The number of nitrogens with zero attached hydrogens (tertiary/aromatic N) is 1. The maximum absolute atomic E-state index is 12.8. The van der Waals surface area contributed by atoms with Gasteiger partial charge in [-0.15, -0.1) is 11.8 Å². The lowest BCUT2D eigenvalue weighted by Gasteiger charge is -2.28. The first-order valence-corrected chi connectivity index (χ1v) is 9.87. The Morgan fingerprint density at radius 2 is 1.77 bits per heavy atom. The molecule has 0 saturated heterocycles. The Kier molecular flexibility index (Phi) is 8.01. The molecule has 138 valence electrons. The molecule has 0 fully saturated rings. The summed E-state index contributed by atoms with van der Waals surface area (Å²) in [6.07, 6.45) is 0. The van der Waals surface area contributed by atoms with Crippen LogP contribution in [0.3, 0.4) is 0 Å². The van der Waals surface area contributed by atoms with Gasteiger partial charge in [-0.2, -0.15) is 0 Å². The molecule has 0 aliphatic rings. The first-order chi connectivity index (χ1) is 12.5.